The molecule has 3 aromatic rings. The minimum Gasteiger partial charge on any atom is -0.383 e. The second-order valence-corrected chi connectivity index (χ2v) is 5.53. The number of H-pyrrole nitrogens is 1. The predicted molar refractivity (Wildman–Crippen MR) is 89.7 cm³/mol. The Kier molecular flexibility index (Phi) is 3.96. The maximum absolute atomic E-state index is 11.9. The second kappa shape index (κ2) is 5.90. The van der Waals surface area contributed by atoms with Gasteiger partial charge in [0.2, 0.25) is 0 Å². The van der Waals surface area contributed by atoms with E-state index >= 15 is 0 Å². The van der Waals surface area contributed by atoms with E-state index in [1.54, 1.807) is 13.2 Å². The van der Waals surface area contributed by atoms with E-state index in [4.69, 9.17) is 17.0 Å². The van der Waals surface area contributed by atoms with Crippen molar-refractivity contribution in [3.63, 3.8) is 0 Å². The lowest BCUT2D eigenvalue weighted by atomic mass is 10.1. The van der Waals surface area contributed by atoms with Crippen molar-refractivity contribution in [1.29, 1.82) is 0 Å². The molecule has 6 heteroatoms. The minimum absolute atomic E-state index is 0.193. The summed E-state index contributed by atoms with van der Waals surface area (Å²) in [5, 5.41) is 1.09. The number of ether oxygens (including phenoxy) is 1. The van der Waals surface area contributed by atoms with Crippen molar-refractivity contribution in [3.05, 3.63) is 51.7 Å². The van der Waals surface area contributed by atoms with Gasteiger partial charge in [-0.15, -0.1) is 0 Å². The Balaban J connectivity index is 2.30. The van der Waals surface area contributed by atoms with E-state index < -0.39 is 0 Å². The highest BCUT2D eigenvalue weighted by Gasteiger charge is 2.13. The third-order valence-electron chi connectivity index (χ3n) is 3.73. The van der Waals surface area contributed by atoms with Crippen molar-refractivity contribution in [2.24, 2.45) is 7.05 Å². The van der Waals surface area contributed by atoms with Crippen molar-refractivity contribution >= 4 is 23.1 Å². The van der Waals surface area contributed by atoms with Crippen LogP contribution in [0, 0.1) is 4.77 Å². The van der Waals surface area contributed by atoms with Crippen LogP contribution in [0.2, 0.25) is 0 Å². The number of aryl methyl sites for hydroxylation is 1. The van der Waals surface area contributed by atoms with Gasteiger partial charge in [-0.3, -0.25) is 9.78 Å². The Morgan fingerprint density at radius 3 is 2.86 bits per heavy atom. The molecule has 2 heterocycles. The quantitative estimate of drug-likeness (QED) is 0.753. The minimum atomic E-state index is -0.193. The molecule has 0 aliphatic heterocycles. The molecule has 0 saturated heterocycles. The molecule has 0 fully saturated rings. The van der Waals surface area contributed by atoms with Crippen LogP contribution >= 0.6 is 12.2 Å². The van der Waals surface area contributed by atoms with Gasteiger partial charge >= 0.3 is 0 Å². The van der Waals surface area contributed by atoms with Gasteiger partial charge < -0.3 is 13.9 Å². The van der Waals surface area contributed by atoms with E-state index in [-0.39, 0.29) is 5.56 Å². The molecular weight excluding hydrogens is 298 g/mol. The second-order valence-electron chi connectivity index (χ2n) is 5.14. The molecule has 114 valence electrons. The molecule has 5 nitrogen and oxygen atoms in total. The Morgan fingerprint density at radius 1 is 1.32 bits per heavy atom. The van der Waals surface area contributed by atoms with Gasteiger partial charge in [-0.2, -0.15) is 0 Å². The van der Waals surface area contributed by atoms with Gasteiger partial charge in [0.05, 0.1) is 12.3 Å². The highest BCUT2D eigenvalue weighted by atomic mass is 32.1. The summed E-state index contributed by atoms with van der Waals surface area (Å²) >= 11 is 5.31. The van der Waals surface area contributed by atoms with Crippen LogP contribution < -0.4 is 5.56 Å². The van der Waals surface area contributed by atoms with E-state index in [2.05, 4.69) is 21.7 Å². The van der Waals surface area contributed by atoms with Crippen LogP contribution in [-0.2, 0) is 18.3 Å². The van der Waals surface area contributed by atoms with Gasteiger partial charge in [-0.25, -0.2) is 0 Å². The summed E-state index contributed by atoms with van der Waals surface area (Å²) in [4.78, 5) is 14.6. The molecule has 1 aromatic carbocycles. The molecule has 0 atom stereocenters. The maximum Gasteiger partial charge on any atom is 0.252 e. The van der Waals surface area contributed by atoms with Crippen molar-refractivity contribution in [3.8, 4) is 11.3 Å². The molecular formula is C16H17N3O2S. The first-order valence-electron chi connectivity index (χ1n) is 6.99. The Hall–Kier alpha value is -2.18. The monoisotopic (exact) mass is 315 g/mol. The number of hydrogen-bond donors (Lipinski definition) is 1. The summed E-state index contributed by atoms with van der Waals surface area (Å²) in [6.45, 7) is 1.11. The topological polar surface area (TPSA) is 51.9 Å². The maximum atomic E-state index is 11.9. The molecule has 0 radical (unpaired) electrons. The smallest absolute Gasteiger partial charge is 0.252 e. The van der Waals surface area contributed by atoms with E-state index in [0.29, 0.717) is 17.9 Å². The predicted octanol–water partition coefficient (Wildman–Crippen LogP) is 2.71. The Labute approximate surface area is 132 Å². The van der Waals surface area contributed by atoms with Crippen LogP contribution in [0.1, 0.15) is 0 Å². The van der Waals surface area contributed by atoms with E-state index in [1.165, 1.54) is 0 Å². The average molecular weight is 315 g/mol. The fourth-order valence-corrected chi connectivity index (χ4v) is 2.98. The number of rotatable bonds is 4. The lowest BCUT2D eigenvalue weighted by Crippen LogP contribution is -2.16. The van der Waals surface area contributed by atoms with E-state index in [0.717, 1.165) is 22.2 Å². The summed E-state index contributed by atoms with van der Waals surface area (Å²) in [5.74, 6) is 0. The molecule has 22 heavy (non-hydrogen) atoms. The van der Waals surface area contributed by atoms with Gasteiger partial charge in [-0.1, -0.05) is 18.2 Å². The largest absolute Gasteiger partial charge is 0.383 e. The summed E-state index contributed by atoms with van der Waals surface area (Å²) in [6, 6.07) is 9.69. The highest BCUT2D eigenvalue weighted by Crippen LogP contribution is 2.29. The van der Waals surface area contributed by atoms with Gasteiger partial charge in [0.15, 0.2) is 4.77 Å². The molecule has 2 aromatic heterocycles. The highest BCUT2D eigenvalue weighted by molar-refractivity contribution is 7.71. The van der Waals surface area contributed by atoms with Crippen molar-refractivity contribution in [1.82, 2.24) is 14.1 Å². The summed E-state index contributed by atoms with van der Waals surface area (Å²) in [5.41, 5.74) is 2.72. The lowest BCUT2D eigenvalue weighted by Gasteiger charge is -2.12. The first kappa shape index (κ1) is 14.7. The van der Waals surface area contributed by atoms with Crippen LogP contribution in [0.5, 0.6) is 0 Å². The normalized spacial score (nSPS) is 11.2. The molecule has 0 unspecified atom stereocenters. The van der Waals surface area contributed by atoms with Crippen LogP contribution in [0.15, 0.2) is 41.3 Å². The zero-order valence-electron chi connectivity index (χ0n) is 12.5. The zero-order valence-corrected chi connectivity index (χ0v) is 13.3. The average Bonchev–Trinajstić information content (AvgIpc) is 2.83. The number of hydrogen-bond acceptors (Lipinski definition) is 3. The molecule has 0 aliphatic rings. The molecule has 1 N–H and O–H groups in total. The number of aromatic nitrogens is 3. The standard InChI is InChI=1S/C16H17N3O2S/c1-18-10-12(11-5-3-4-6-13(11)18)14-9-15(20)17-16(22)19(14)7-8-21-2/h3-6,9-10H,7-8H2,1-2H3,(H,17,20,22). The first-order valence-corrected chi connectivity index (χ1v) is 7.40. The molecule has 0 spiro atoms. The van der Waals surface area contributed by atoms with Crippen LogP contribution in [-0.4, -0.2) is 27.8 Å². The first-order chi connectivity index (χ1) is 10.6. The molecule has 0 bridgehead atoms. The van der Waals surface area contributed by atoms with Crippen LogP contribution in [0.4, 0.5) is 0 Å². The molecule has 0 aliphatic carbocycles. The zero-order chi connectivity index (χ0) is 15.7. The Morgan fingerprint density at radius 2 is 2.09 bits per heavy atom. The summed E-state index contributed by atoms with van der Waals surface area (Å²) < 4.78 is 9.52. The van der Waals surface area contributed by atoms with Gasteiger partial charge in [-0.05, 0) is 18.3 Å². The van der Waals surface area contributed by atoms with Gasteiger partial charge in [0.25, 0.3) is 5.56 Å². The van der Waals surface area contributed by atoms with Crippen molar-refractivity contribution in [2.45, 2.75) is 6.54 Å². The third kappa shape index (κ3) is 2.51. The van der Waals surface area contributed by atoms with Crippen molar-refractivity contribution in [2.75, 3.05) is 13.7 Å². The summed E-state index contributed by atoms with van der Waals surface area (Å²) in [6.07, 6.45) is 2.03. The van der Waals surface area contributed by atoms with E-state index in [9.17, 15) is 4.79 Å². The number of nitrogens with zero attached hydrogens (tertiary/aromatic N) is 2. The number of methoxy groups -OCH3 is 1. The van der Waals surface area contributed by atoms with Crippen LogP contribution in [0.25, 0.3) is 22.2 Å². The Bertz CT molecular complexity index is 936. The number of fused-ring (bicyclic) bond motifs is 1. The van der Waals surface area contributed by atoms with Gasteiger partial charge in [0.1, 0.15) is 0 Å². The molecule has 0 amide bonds. The lowest BCUT2D eigenvalue weighted by molar-refractivity contribution is 0.187. The molecule has 0 saturated carbocycles. The molecule has 3 rings (SSSR count). The number of nitrogens with one attached hydrogen (secondary N) is 1. The SMILES string of the molecule is COCCn1c(-c2cn(C)c3ccccc23)cc(=O)[nH]c1=S. The number of aromatic amines is 1. The van der Waals surface area contributed by atoms with Crippen LogP contribution in [0.3, 0.4) is 0 Å². The fourth-order valence-electron chi connectivity index (χ4n) is 2.69. The number of benzene rings is 1. The van der Waals surface area contributed by atoms with E-state index in [1.807, 2.05) is 29.9 Å². The van der Waals surface area contributed by atoms with Crippen molar-refractivity contribution < 1.29 is 4.74 Å². The summed E-state index contributed by atoms with van der Waals surface area (Å²) in [7, 11) is 3.64. The van der Waals surface area contributed by atoms with Gasteiger partial charge in [0, 0.05) is 49.4 Å². The number of para-hydroxylation sites is 1. The third-order valence-corrected chi connectivity index (χ3v) is 4.05. The fraction of sp³-hybridized carbons (Fsp3) is 0.250.